The Morgan fingerprint density at radius 2 is 1.90 bits per heavy atom. The largest absolute Gasteiger partial charge is 0.492 e. The Kier molecular flexibility index (Phi) is 6.18. The molecule has 0 saturated carbocycles. The molecule has 2 heterocycles. The number of halogens is 2. The maximum Gasteiger partial charge on any atom is 0.306 e. The summed E-state index contributed by atoms with van der Waals surface area (Å²) in [5.41, 5.74) is 1.91. The van der Waals surface area contributed by atoms with Crippen molar-refractivity contribution in [3.8, 4) is 11.5 Å². The number of fused-ring (bicyclic) bond motifs is 1. The maximum atomic E-state index is 11.1. The minimum Gasteiger partial charge on any atom is -0.492 e. The molecule has 0 radical (unpaired) electrons. The van der Waals surface area contributed by atoms with Gasteiger partial charge in [0.25, 0.3) is 0 Å². The monoisotopic (exact) mass is 435 g/mol. The van der Waals surface area contributed by atoms with Crippen molar-refractivity contribution in [2.24, 2.45) is 5.92 Å². The first-order valence-corrected chi connectivity index (χ1v) is 10.5. The van der Waals surface area contributed by atoms with E-state index in [-0.39, 0.29) is 12.0 Å². The molecule has 0 aliphatic carbocycles. The second kappa shape index (κ2) is 8.82. The number of nitrogens with zero attached hydrogens (tertiary/aromatic N) is 1. The molecule has 2 aromatic rings. The van der Waals surface area contributed by atoms with Gasteiger partial charge >= 0.3 is 5.97 Å². The lowest BCUT2D eigenvalue weighted by Gasteiger charge is -2.38. The van der Waals surface area contributed by atoms with Gasteiger partial charge in [-0.05, 0) is 56.1 Å². The molecule has 154 valence electrons. The van der Waals surface area contributed by atoms with Crippen LogP contribution < -0.4 is 9.47 Å². The summed E-state index contributed by atoms with van der Waals surface area (Å²) >= 11 is 12.4. The molecule has 1 saturated heterocycles. The van der Waals surface area contributed by atoms with Gasteiger partial charge in [0.1, 0.15) is 24.7 Å². The molecular formula is C22H23Cl2NO4. The molecule has 0 spiro atoms. The average molecular weight is 436 g/mol. The van der Waals surface area contributed by atoms with Gasteiger partial charge in [-0.25, -0.2) is 0 Å². The smallest absolute Gasteiger partial charge is 0.306 e. The van der Waals surface area contributed by atoms with Crippen molar-refractivity contribution in [2.75, 3.05) is 19.7 Å². The Balaban J connectivity index is 1.37. The van der Waals surface area contributed by atoms with Gasteiger partial charge in [-0.15, -0.1) is 0 Å². The van der Waals surface area contributed by atoms with Gasteiger partial charge in [0.05, 0.1) is 5.92 Å². The fourth-order valence-electron chi connectivity index (χ4n) is 4.00. The van der Waals surface area contributed by atoms with E-state index in [1.807, 2.05) is 24.3 Å². The molecule has 5 nitrogen and oxygen atoms in total. The lowest BCUT2D eigenvalue weighted by Crippen LogP contribution is -2.47. The van der Waals surface area contributed by atoms with Crippen LogP contribution in [0.4, 0.5) is 0 Å². The second-order valence-corrected chi connectivity index (χ2v) is 8.39. The van der Waals surface area contributed by atoms with E-state index in [0.29, 0.717) is 41.9 Å². The Labute approximate surface area is 180 Å². The van der Waals surface area contributed by atoms with Crippen molar-refractivity contribution >= 4 is 29.2 Å². The first kappa shape index (κ1) is 20.3. The summed E-state index contributed by atoms with van der Waals surface area (Å²) in [4.78, 5) is 13.5. The zero-order valence-corrected chi connectivity index (χ0v) is 17.5. The van der Waals surface area contributed by atoms with Crippen LogP contribution in [0.2, 0.25) is 10.0 Å². The third-order valence-corrected chi connectivity index (χ3v) is 6.47. The van der Waals surface area contributed by atoms with E-state index in [2.05, 4.69) is 4.90 Å². The number of aliphatic carboxylic acids is 1. The third kappa shape index (κ3) is 4.63. The van der Waals surface area contributed by atoms with Crippen molar-refractivity contribution in [1.82, 2.24) is 4.90 Å². The van der Waals surface area contributed by atoms with Crippen molar-refractivity contribution in [3.05, 3.63) is 57.6 Å². The Hall–Kier alpha value is -1.95. The summed E-state index contributed by atoms with van der Waals surface area (Å²) in [6.45, 7) is 2.50. The second-order valence-electron chi connectivity index (χ2n) is 7.58. The lowest BCUT2D eigenvalue weighted by molar-refractivity contribution is -0.143. The van der Waals surface area contributed by atoms with Crippen LogP contribution in [0.5, 0.6) is 11.5 Å². The standard InChI is InChI=1S/C22H23Cl2NO4/c23-19-2-1-3-20(24)18(19)13-28-17-5-4-15-10-16(12-29-21(15)11-17)25-8-6-14(7-9-25)22(26)27/h1-5,11,14,16H,6-10,12-13H2,(H,26,27). The van der Waals surface area contributed by atoms with Gasteiger partial charge in [-0.2, -0.15) is 0 Å². The number of rotatable bonds is 5. The summed E-state index contributed by atoms with van der Waals surface area (Å²) in [7, 11) is 0. The molecule has 2 aromatic carbocycles. The maximum absolute atomic E-state index is 11.1. The van der Waals surface area contributed by atoms with Crippen molar-refractivity contribution < 1.29 is 19.4 Å². The fraction of sp³-hybridized carbons (Fsp3) is 0.409. The van der Waals surface area contributed by atoms with Crippen molar-refractivity contribution in [1.29, 1.82) is 0 Å². The van der Waals surface area contributed by atoms with Crippen LogP contribution in [-0.4, -0.2) is 41.7 Å². The van der Waals surface area contributed by atoms with E-state index >= 15 is 0 Å². The Morgan fingerprint density at radius 1 is 1.17 bits per heavy atom. The first-order chi connectivity index (χ1) is 14.0. The number of carbonyl (C=O) groups is 1. The van der Waals surface area contributed by atoms with E-state index < -0.39 is 5.97 Å². The summed E-state index contributed by atoms with van der Waals surface area (Å²) in [5.74, 6) is 0.653. The number of ether oxygens (including phenoxy) is 2. The molecule has 0 amide bonds. The average Bonchev–Trinajstić information content (AvgIpc) is 2.73. The van der Waals surface area contributed by atoms with Crippen LogP contribution in [0.1, 0.15) is 24.0 Å². The highest BCUT2D eigenvalue weighted by Gasteiger charge is 2.31. The lowest BCUT2D eigenvalue weighted by atomic mass is 9.94. The van der Waals surface area contributed by atoms with Crippen LogP contribution >= 0.6 is 23.2 Å². The number of hydrogen-bond donors (Lipinski definition) is 1. The SMILES string of the molecule is O=C(O)C1CCN(C2COc3cc(OCc4c(Cl)cccc4Cl)ccc3C2)CC1. The van der Waals surface area contributed by atoms with Gasteiger partial charge in [-0.3, -0.25) is 9.69 Å². The minimum atomic E-state index is -0.680. The third-order valence-electron chi connectivity index (χ3n) is 5.77. The van der Waals surface area contributed by atoms with Gasteiger partial charge < -0.3 is 14.6 Å². The summed E-state index contributed by atoms with van der Waals surface area (Å²) in [5, 5.41) is 10.3. The first-order valence-electron chi connectivity index (χ1n) is 9.79. The van der Waals surface area contributed by atoms with Crippen LogP contribution in [0.25, 0.3) is 0 Å². The van der Waals surface area contributed by atoms with Crippen molar-refractivity contribution in [3.63, 3.8) is 0 Å². The number of carboxylic acid groups (broad SMARTS) is 1. The van der Waals surface area contributed by atoms with Crippen LogP contribution in [0, 0.1) is 5.92 Å². The predicted octanol–water partition coefficient (Wildman–Crippen LogP) is 4.67. The van der Waals surface area contributed by atoms with Crippen LogP contribution in [0.3, 0.4) is 0 Å². The number of carboxylic acids is 1. The number of hydrogen-bond acceptors (Lipinski definition) is 4. The molecule has 29 heavy (non-hydrogen) atoms. The molecule has 7 heteroatoms. The van der Waals surface area contributed by atoms with Crippen LogP contribution in [-0.2, 0) is 17.8 Å². The molecular weight excluding hydrogens is 413 g/mol. The topological polar surface area (TPSA) is 59.0 Å². The molecule has 0 aromatic heterocycles. The molecule has 2 aliphatic heterocycles. The Morgan fingerprint density at radius 3 is 2.59 bits per heavy atom. The zero-order valence-electron chi connectivity index (χ0n) is 15.9. The van der Waals surface area contributed by atoms with Crippen LogP contribution in [0.15, 0.2) is 36.4 Å². The quantitative estimate of drug-likeness (QED) is 0.738. The summed E-state index contributed by atoms with van der Waals surface area (Å²) in [6.07, 6.45) is 2.30. The highest BCUT2D eigenvalue weighted by atomic mass is 35.5. The normalized spacial score (nSPS) is 20.0. The minimum absolute atomic E-state index is 0.214. The highest BCUT2D eigenvalue weighted by Crippen LogP contribution is 2.33. The molecule has 2 aliphatic rings. The zero-order chi connectivity index (χ0) is 20.4. The van der Waals surface area contributed by atoms with Gasteiger partial charge in [0.2, 0.25) is 0 Å². The highest BCUT2D eigenvalue weighted by molar-refractivity contribution is 6.35. The molecule has 1 N–H and O–H groups in total. The number of benzene rings is 2. The van der Waals surface area contributed by atoms with E-state index in [9.17, 15) is 4.79 Å². The van der Waals surface area contributed by atoms with E-state index in [1.54, 1.807) is 12.1 Å². The Bertz CT molecular complexity index is 876. The molecule has 1 fully saturated rings. The summed E-state index contributed by atoms with van der Waals surface area (Å²) < 4.78 is 11.9. The molecule has 4 rings (SSSR count). The molecule has 0 bridgehead atoms. The van der Waals surface area contributed by atoms with Crippen molar-refractivity contribution in [2.45, 2.75) is 31.9 Å². The van der Waals surface area contributed by atoms with E-state index in [4.69, 9.17) is 37.8 Å². The predicted molar refractivity (Wildman–Crippen MR) is 112 cm³/mol. The van der Waals surface area contributed by atoms with Gasteiger partial charge in [0.15, 0.2) is 0 Å². The number of piperidine rings is 1. The van der Waals surface area contributed by atoms with Gasteiger partial charge in [0, 0.05) is 27.7 Å². The summed E-state index contributed by atoms with van der Waals surface area (Å²) in [6, 6.07) is 11.6. The fourth-order valence-corrected chi connectivity index (χ4v) is 4.50. The molecule has 1 unspecified atom stereocenters. The van der Waals surface area contributed by atoms with E-state index in [0.717, 1.165) is 36.4 Å². The van der Waals surface area contributed by atoms with Gasteiger partial charge in [-0.1, -0.05) is 35.3 Å². The number of likely N-dealkylation sites (tertiary alicyclic amines) is 1. The van der Waals surface area contributed by atoms with E-state index in [1.165, 1.54) is 0 Å². The molecule has 1 atom stereocenters.